The van der Waals surface area contributed by atoms with Crippen LogP contribution in [0.3, 0.4) is 0 Å². The number of carbonyl (C=O) groups excluding carboxylic acids is 3. The molecule has 0 bridgehead atoms. The zero-order valence-electron chi connectivity index (χ0n) is 20.5. The maximum Gasteiger partial charge on any atom is 0.257 e. The van der Waals surface area contributed by atoms with Crippen molar-refractivity contribution in [2.75, 3.05) is 16.8 Å². The number of para-hydroxylation sites is 1. The standard InChI is InChI=1S/C28H25N5O4/c1-18-16-20(37-26-19(17-29)6-5-14-30-26)9-10-22(18)31-24(34)12-15-32-27(36)21-7-3-4-8-23(21)33-25(35)11-13-28(32,33)2/h3-10,14,16H,11-13,15H2,1-2H3,(H,31,34). The Morgan fingerprint density at radius 2 is 2.00 bits per heavy atom. The van der Waals surface area contributed by atoms with Gasteiger partial charge in [0.2, 0.25) is 17.7 Å². The van der Waals surface area contributed by atoms with Crippen LogP contribution >= 0.6 is 0 Å². The van der Waals surface area contributed by atoms with Crippen molar-refractivity contribution < 1.29 is 19.1 Å². The van der Waals surface area contributed by atoms with Crippen LogP contribution in [0, 0.1) is 18.3 Å². The predicted octanol–water partition coefficient (Wildman–Crippen LogP) is 4.38. The number of benzene rings is 2. The van der Waals surface area contributed by atoms with Crippen LogP contribution in [0.5, 0.6) is 11.6 Å². The van der Waals surface area contributed by atoms with E-state index in [1.165, 1.54) is 0 Å². The Bertz CT molecular complexity index is 1460. The second-order valence-electron chi connectivity index (χ2n) is 9.26. The molecule has 1 saturated heterocycles. The van der Waals surface area contributed by atoms with Gasteiger partial charge in [-0.1, -0.05) is 12.1 Å². The molecule has 5 rings (SSSR count). The molecule has 2 aliphatic rings. The lowest BCUT2D eigenvalue weighted by molar-refractivity contribution is -0.117. The van der Waals surface area contributed by atoms with E-state index in [4.69, 9.17) is 4.74 Å². The number of amides is 3. The van der Waals surface area contributed by atoms with E-state index in [1.54, 1.807) is 64.5 Å². The first-order chi connectivity index (χ1) is 17.8. The second-order valence-corrected chi connectivity index (χ2v) is 9.26. The average Bonchev–Trinajstić information content (AvgIpc) is 3.20. The minimum Gasteiger partial charge on any atom is -0.438 e. The molecule has 1 unspecified atom stereocenters. The normalized spacial score (nSPS) is 18.2. The lowest BCUT2D eigenvalue weighted by atomic mass is 9.98. The summed E-state index contributed by atoms with van der Waals surface area (Å²) in [5.74, 6) is 0.242. The molecule has 9 heteroatoms. The lowest BCUT2D eigenvalue weighted by Crippen LogP contribution is -2.62. The third-order valence-corrected chi connectivity index (χ3v) is 6.89. The molecule has 37 heavy (non-hydrogen) atoms. The summed E-state index contributed by atoms with van der Waals surface area (Å²) < 4.78 is 5.75. The molecule has 9 nitrogen and oxygen atoms in total. The highest BCUT2D eigenvalue weighted by Crippen LogP contribution is 2.44. The van der Waals surface area contributed by atoms with Gasteiger partial charge < -0.3 is 15.0 Å². The van der Waals surface area contributed by atoms with Gasteiger partial charge in [-0.3, -0.25) is 19.3 Å². The maximum atomic E-state index is 13.3. The van der Waals surface area contributed by atoms with Crippen molar-refractivity contribution in [1.82, 2.24) is 9.88 Å². The maximum absolute atomic E-state index is 13.3. The van der Waals surface area contributed by atoms with Crippen LogP contribution in [0.1, 0.15) is 47.7 Å². The minimum absolute atomic E-state index is 0.0255. The molecule has 186 valence electrons. The highest BCUT2D eigenvalue weighted by molar-refractivity contribution is 6.10. The number of carbonyl (C=O) groups is 3. The Labute approximate surface area is 214 Å². The molecule has 3 amide bonds. The zero-order valence-corrected chi connectivity index (χ0v) is 20.5. The number of nitrogens with zero attached hydrogens (tertiary/aromatic N) is 4. The van der Waals surface area contributed by atoms with Gasteiger partial charge in [-0.05, 0) is 68.3 Å². The minimum atomic E-state index is -0.800. The number of nitrogens with one attached hydrogen (secondary N) is 1. The molecule has 0 saturated carbocycles. The molecule has 1 aromatic heterocycles. The van der Waals surface area contributed by atoms with E-state index >= 15 is 0 Å². The molecule has 0 aliphatic carbocycles. The number of hydrogen-bond acceptors (Lipinski definition) is 6. The van der Waals surface area contributed by atoms with E-state index < -0.39 is 5.66 Å². The molecular formula is C28H25N5O4. The van der Waals surface area contributed by atoms with Crippen LogP contribution in [0.4, 0.5) is 11.4 Å². The SMILES string of the molecule is Cc1cc(Oc2ncccc2C#N)ccc1NC(=O)CCN1C(=O)c2ccccc2N2C(=O)CCC12C. The van der Waals surface area contributed by atoms with Gasteiger partial charge in [0.25, 0.3) is 5.91 Å². The summed E-state index contributed by atoms with van der Waals surface area (Å²) in [6, 6.07) is 17.6. The molecule has 2 aromatic carbocycles. The molecule has 2 aliphatic heterocycles. The summed E-state index contributed by atoms with van der Waals surface area (Å²) in [4.78, 5) is 46.4. The monoisotopic (exact) mass is 495 g/mol. The van der Waals surface area contributed by atoms with Crippen LogP contribution in [0.15, 0.2) is 60.8 Å². The van der Waals surface area contributed by atoms with E-state index in [-0.39, 0.29) is 36.6 Å². The van der Waals surface area contributed by atoms with Crippen molar-refractivity contribution in [3.05, 3.63) is 77.5 Å². The Kier molecular flexibility index (Phi) is 6.09. The van der Waals surface area contributed by atoms with Crippen molar-refractivity contribution in [3.8, 4) is 17.7 Å². The van der Waals surface area contributed by atoms with E-state index in [9.17, 15) is 19.6 Å². The highest BCUT2D eigenvalue weighted by atomic mass is 16.5. The van der Waals surface area contributed by atoms with Gasteiger partial charge in [-0.15, -0.1) is 0 Å². The van der Waals surface area contributed by atoms with Crippen LogP contribution in [0.25, 0.3) is 0 Å². The first-order valence-corrected chi connectivity index (χ1v) is 12.0. The number of anilines is 2. The fourth-order valence-corrected chi connectivity index (χ4v) is 4.98. The second kappa shape index (κ2) is 9.39. The number of aryl methyl sites for hydroxylation is 1. The number of ether oxygens (including phenoxy) is 1. The Morgan fingerprint density at radius 1 is 1.19 bits per heavy atom. The van der Waals surface area contributed by atoms with Gasteiger partial charge in [0.15, 0.2) is 0 Å². The van der Waals surface area contributed by atoms with Crippen LogP contribution in [-0.4, -0.2) is 39.8 Å². The van der Waals surface area contributed by atoms with E-state index in [0.29, 0.717) is 41.1 Å². The fourth-order valence-electron chi connectivity index (χ4n) is 4.98. The summed E-state index contributed by atoms with van der Waals surface area (Å²) >= 11 is 0. The summed E-state index contributed by atoms with van der Waals surface area (Å²) in [5, 5.41) is 12.1. The van der Waals surface area contributed by atoms with Crippen LogP contribution < -0.4 is 15.0 Å². The third-order valence-electron chi connectivity index (χ3n) is 6.89. The molecule has 1 fully saturated rings. The predicted molar refractivity (Wildman–Crippen MR) is 136 cm³/mol. The van der Waals surface area contributed by atoms with Gasteiger partial charge in [-0.2, -0.15) is 5.26 Å². The largest absolute Gasteiger partial charge is 0.438 e. The average molecular weight is 496 g/mol. The van der Waals surface area contributed by atoms with Crippen LogP contribution in [0.2, 0.25) is 0 Å². The van der Waals surface area contributed by atoms with Crippen molar-refractivity contribution in [2.45, 2.75) is 38.8 Å². The van der Waals surface area contributed by atoms with E-state index in [2.05, 4.69) is 10.3 Å². The molecule has 0 radical (unpaired) electrons. The van der Waals surface area contributed by atoms with Crippen molar-refractivity contribution in [2.24, 2.45) is 0 Å². The first-order valence-electron chi connectivity index (χ1n) is 12.0. The molecule has 1 atom stereocenters. The first kappa shape index (κ1) is 24.0. The Morgan fingerprint density at radius 3 is 2.78 bits per heavy atom. The summed E-state index contributed by atoms with van der Waals surface area (Å²) in [5.41, 5.74) is 1.99. The highest BCUT2D eigenvalue weighted by Gasteiger charge is 2.52. The van der Waals surface area contributed by atoms with E-state index in [1.807, 2.05) is 26.0 Å². The molecule has 1 N–H and O–H groups in total. The van der Waals surface area contributed by atoms with Gasteiger partial charge in [0, 0.05) is 31.3 Å². The lowest BCUT2D eigenvalue weighted by Gasteiger charge is -2.48. The molecule has 0 spiro atoms. The molecular weight excluding hydrogens is 470 g/mol. The Balaban J connectivity index is 1.27. The number of aromatic nitrogens is 1. The zero-order chi connectivity index (χ0) is 26.2. The van der Waals surface area contributed by atoms with Crippen molar-refractivity contribution >= 4 is 29.1 Å². The third kappa shape index (κ3) is 4.27. The topological polar surface area (TPSA) is 116 Å². The van der Waals surface area contributed by atoms with Crippen LogP contribution in [-0.2, 0) is 9.59 Å². The Hall–Kier alpha value is -4.71. The van der Waals surface area contributed by atoms with E-state index in [0.717, 1.165) is 5.56 Å². The quantitative estimate of drug-likeness (QED) is 0.543. The summed E-state index contributed by atoms with van der Waals surface area (Å²) in [6.07, 6.45) is 2.48. The van der Waals surface area contributed by atoms with Gasteiger partial charge in [0.1, 0.15) is 23.0 Å². The van der Waals surface area contributed by atoms with Crippen molar-refractivity contribution in [1.29, 1.82) is 5.26 Å². The smallest absolute Gasteiger partial charge is 0.257 e. The molecule has 3 heterocycles. The number of nitriles is 1. The summed E-state index contributed by atoms with van der Waals surface area (Å²) in [6.45, 7) is 3.89. The van der Waals surface area contributed by atoms with Gasteiger partial charge >= 0.3 is 0 Å². The molecule has 3 aromatic rings. The number of rotatable bonds is 6. The van der Waals surface area contributed by atoms with Crippen molar-refractivity contribution in [3.63, 3.8) is 0 Å². The number of hydrogen-bond donors (Lipinski definition) is 1. The number of fused-ring (bicyclic) bond motifs is 3. The van der Waals surface area contributed by atoms with Gasteiger partial charge in [0.05, 0.1) is 11.3 Å². The fraction of sp³-hybridized carbons (Fsp3) is 0.250. The van der Waals surface area contributed by atoms with Gasteiger partial charge in [-0.25, -0.2) is 4.98 Å². The number of pyridine rings is 1. The summed E-state index contributed by atoms with van der Waals surface area (Å²) in [7, 11) is 0.